The molecule has 1 heterocycles. The van der Waals surface area contributed by atoms with Crippen molar-refractivity contribution >= 4 is 0 Å². The van der Waals surface area contributed by atoms with E-state index in [0.29, 0.717) is 11.1 Å². The van der Waals surface area contributed by atoms with Gasteiger partial charge in [0.15, 0.2) is 0 Å². The average molecular weight is 173 g/mol. The van der Waals surface area contributed by atoms with E-state index in [-0.39, 0.29) is 5.92 Å². The fourth-order valence-corrected chi connectivity index (χ4v) is 1.57. The Morgan fingerprint density at radius 2 is 1.46 bits per heavy atom. The van der Waals surface area contributed by atoms with Gasteiger partial charge in [-0.25, -0.2) is 0 Å². The fraction of sp³-hybridized carbons (Fsp3) is 0.400. The first-order valence-electron chi connectivity index (χ1n) is 4.10. The molecule has 1 N–H and O–H groups in total. The molecule has 1 rings (SSSR count). The SMILES string of the molecule is CC1=C(C#N)C(C)C(C#N)=C(C)N1. The van der Waals surface area contributed by atoms with Gasteiger partial charge in [0.2, 0.25) is 0 Å². The van der Waals surface area contributed by atoms with Crippen LogP contribution in [0.1, 0.15) is 20.8 Å². The molecule has 0 radical (unpaired) electrons. The summed E-state index contributed by atoms with van der Waals surface area (Å²) in [5.74, 6) is -0.0729. The summed E-state index contributed by atoms with van der Waals surface area (Å²) in [6, 6.07) is 4.24. The topological polar surface area (TPSA) is 59.6 Å². The summed E-state index contributed by atoms with van der Waals surface area (Å²) in [5.41, 5.74) is 3.02. The predicted molar refractivity (Wildman–Crippen MR) is 48.9 cm³/mol. The molecule has 0 aromatic heterocycles. The number of rotatable bonds is 0. The summed E-state index contributed by atoms with van der Waals surface area (Å²) in [6.45, 7) is 5.59. The van der Waals surface area contributed by atoms with Crippen molar-refractivity contribution in [2.24, 2.45) is 5.92 Å². The van der Waals surface area contributed by atoms with Gasteiger partial charge < -0.3 is 5.32 Å². The molecule has 0 saturated carbocycles. The second-order valence-corrected chi connectivity index (χ2v) is 3.15. The van der Waals surface area contributed by atoms with Gasteiger partial charge in [0.25, 0.3) is 0 Å². The van der Waals surface area contributed by atoms with Gasteiger partial charge in [-0.2, -0.15) is 10.5 Å². The van der Waals surface area contributed by atoms with Crippen molar-refractivity contribution in [3.8, 4) is 12.1 Å². The number of nitrogens with zero attached hydrogens (tertiary/aromatic N) is 2. The predicted octanol–water partition coefficient (Wildman–Crippen LogP) is 1.82. The normalized spacial score (nSPS) is 17.9. The molecule has 66 valence electrons. The monoisotopic (exact) mass is 173 g/mol. The van der Waals surface area contributed by atoms with Crippen molar-refractivity contribution in [1.82, 2.24) is 5.32 Å². The molecule has 1 aliphatic heterocycles. The molecule has 0 aromatic rings. The molecule has 0 atom stereocenters. The Kier molecular flexibility index (Phi) is 2.39. The number of nitrogens with one attached hydrogen (secondary N) is 1. The Balaban J connectivity index is 3.17. The Morgan fingerprint density at radius 3 is 1.77 bits per heavy atom. The summed E-state index contributed by atoms with van der Waals surface area (Å²) in [7, 11) is 0. The highest BCUT2D eigenvalue weighted by Crippen LogP contribution is 2.27. The van der Waals surface area contributed by atoms with Gasteiger partial charge in [0.1, 0.15) is 0 Å². The molecule has 0 aliphatic carbocycles. The van der Waals surface area contributed by atoms with E-state index < -0.39 is 0 Å². The minimum atomic E-state index is -0.0729. The summed E-state index contributed by atoms with van der Waals surface area (Å²) >= 11 is 0. The quantitative estimate of drug-likeness (QED) is 0.607. The van der Waals surface area contributed by atoms with Crippen LogP contribution >= 0.6 is 0 Å². The molecular weight excluding hydrogens is 162 g/mol. The van der Waals surface area contributed by atoms with Crippen LogP contribution in [0.2, 0.25) is 0 Å². The number of hydrogen-bond donors (Lipinski definition) is 1. The zero-order valence-corrected chi connectivity index (χ0v) is 7.97. The fourth-order valence-electron chi connectivity index (χ4n) is 1.57. The van der Waals surface area contributed by atoms with Gasteiger partial charge in [-0.05, 0) is 13.8 Å². The van der Waals surface area contributed by atoms with E-state index >= 15 is 0 Å². The molecule has 13 heavy (non-hydrogen) atoms. The first kappa shape index (κ1) is 9.35. The summed E-state index contributed by atoms with van der Waals surface area (Å²) in [6.07, 6.45) is 0. The molecule has 0 unspecified atom stereocenters. The van der Waals surface area contributed by atoms with Gasteiger partial charge in [-0.3, -0.25) is 0 Å². The van der Waals surface area contributed by atoms with Crippen molar-refractivity contribution in [1.29, 1.82) is 10.5 Å². The Labute approximate surface area is 78.0 Å². The van der Waals surface area contributed by atoms with Crippen molar-refractivity contribution in [2.45, 2.75) is 20.8 Å². The van der Waals surface area contributed by atoms with Crippen LogP contribution < -0.4 is 5.32 Å². The molecular formula is C10H11N3. The number of allylic oxidation sites excluding steroid dienone is 4. The van der Waals surface area contributed by atoms with Crippen LogP contribution in [-0.2, 0) is 0 Å². The summed E-state index contributed by atoms with van der Waals surface area (Å²) in [4.78, 5) is 0. The molecule has 1 aliphatic rings. The third kappa shape index (κ3) is 1.41. The van der Waals surface area contributed by atoms with Crippen LogP contribution in [0.25, 0.3) is 0 Å². The van der Waals surface area contributed by atoms with Gasteiger partial charge >= 0.3 is 0 Å². The van der Waals surface area contributed by atoms with Crippen LogP contribution in [0.5, 0.6) is 0 Å². The zero-order valence-electron chi connectivity index (χ0n) is 7.97. The van der Waals surface area contributed by atoms with Crippen LogP contribution in [0.4, 0.5) is 0 Å². The minimum absolute atomic E-state index is 0.0729. The summed E-state index contributed by atoms with van der Waals surface area (Å²) < 4.78 is 0. The third-order valence-corrected chi connectivity index (χ3v) is 2.29. The van der Waals surface area contributed by atoms with Crippen LogP contribution in [0.15, 0.2) is 22.5 Å². The lowest BCUT2D eigenvalue weighted by Gasteiger charge is -2.22. The zero-order chi connectivity index (χ0) is 10.0. The summed E-state index contributed by atoms with van der Waals surface area (Å²) in [5, 5.41) is 20.7. The van der Waals surface area contributed by atoms with Crippen molar-refractivity contribution in [3.63, 3.8) is 0 Å². The third-order valence-electron chi connectivity index (χ3n) is 2.29. The standard InChI is InChI=1S/C10H11N3/c1-6-9(4-11)7(2)13-8(3)10(6)5-12/h6,13H,1-3H3. The lowest BCUT2D eigenvalue weighted by atomic mass is 9.89. The van der Waals surface area contributed by atoms with Gasteiger partial charge in [-0.1, -0.05) is 6.92 Å². The number of dihydropyridines is 1. The highest BCUT2D eigenvalue weighted by atomic mass is 14.9. The molecule has 0 amide bonds. The highest BCUT2D eigenvalue weighted by molar-refractivity contribution is 5.45. The Morgan fingerprint density at radius 1 is 1.08 bits per heavy atom. The first-order valence-corrected chi connectivity index (χ1v) is 4.10. The van der Waals surface area contributed by atoms with E-state index in [2.05, 4.69) is 17.5 Å². The maximum Gasteiger partial charge on any atom is 0.0972 e. The highest BCUT2D eigenvalue weighted by Gasteiger charge is 2.23. The second kappa shape index (κ2) is 3.33. The Hall–Kier alpha value is -1.74. The minimum Gasteiger partial charge on any atom is -0.361 e. The molecule has 3 nitrogen and oxygen atoms in total. The van der Waals surface area contributed by atoms with Gasteiger partial charge in [0.05, 0.1) is 23.3 Å². The lowest BCUT2D eigenvalue weighted by molar-refractivity contribution is 0.746. The van der Waals surface area contributed by atoms with Gasteiger partial charge in [0, 0.05) is 17.3 Å². The molecule has 0 bridgehead atoms. The Bertz CT molecular complexity index is 338. The average Bonchev–Trinajstić information content (AvgIpc) is 2.04. The molecule has 0 aromatic carbocycles. The van der Waals surface area contributed by atoms with Gasteiger partial charge in [-0.15, -0.1) is 0 Å². The van der Waals surface area contributed by atoms with E-state index in [1.54, 1.807) is 0 Å². The molecule has 3 heteroatoms. The molecule has 0 saturated heterocycles. The molecule has 0 fully saturated rings. The van der Waals surface area contributed by atoms with E-state index in [4.69, 9.17) is 10.5 Å². The lowest BCUT2D eigenvalue weighted by Crippen LogP contribution is -2.22. The smallest absolute Gasteiger partial charge is 0.0972 e. The van der Waals surface area contributed by atoms with E-state index in [9.17, 15) is 0 Å². The van der Waals surface area contributed by atoms with Crippen LogP contribution in [-0.4, -0.2) is 0 Å². The van der Waals surface area contributed by atoms with Crippen molar-refractivity contribution in [3.05, 3.63) is 22.5 Å². The maximum atomic E-state index is 8.85. The van der Waals surface area contributed by atoms with Crippen LogP contribution in [0, 0.1) is 28.6 Å². The van der Waals surface area contributed by atoms with Crippen molar-refractivity contribution < 1.29 is 0 Å². The largest absolute Gasteiger partial charge is 0.361 e. The van der Waals surface area contributed by atoms with E-state index in [1.165, 1.54) is 0 Å². The molecule has 0 spiro atoms. The van der Waals surface area contributed by atoms with Crippen molar-refractivity contribution in [2.75, 3.05) is 0 Å². The maximum absolute atomic E-state index is 8.85. The number of hydrogen-bond acceptors (Lipinski definition) is 3. The second-order valence-electron chi connectivity index (χ2n) is 3.15. The van der Waals surface area contributed by atoms with Crippen LogP contribution in [0.3, 0.4) is 0 Å². The first-order chi connectivity index (χ1) is 6.11. The number of nitriles is 2. The van der Waals surface area contributed by atoms with E-state index in [0.717, 1.165) is 11.4 Å². The van der Waals surface area contributed by atoms with E-state index in [1.807, 2.05) is 20.8 Å².